The Morgan fingerprint density at radius 3 is 2.61 bits per heavy atom. The van der Waals surface area contributed by atoms with Gasteiger partial charge in [-0.25, -0.2) is 4.98 Å². The van der Waals surface area contributed by atoms with Crippen LogP contribution in [0.5, 0.6) is 11.5 Å². The largest absolute Gasteiger partial charge is 0.455 e. The summed E-state index contributed by atoms with van der Waals surface area (Å²) in [4.78, 5) is 4.42. The van der Waals surface area contributed by atoms with Gasteiger partial charge in [-0.3, -0.25) is 0 Å². The number of nitrogens with two attached hydrogens (primary N) is 1. The van der Waals surface area contributed by atoms with Crippen LogP contribution in [0.15, 0.2) is 36.5 Å². The van der Waals surface area contributed by atoms with Crippen molar-refractivity contribution in [2.75, 3.05) is 0 Å². The molecule has 1 aromatic heterocycles. The first-order valence-corrected chi connectivity index (χ1v) is 5.98. The maximum atomic E-state index is 5.78. The van der Waals surface area contributed by atoms with E-state index in [1.54, 1.807) is 12.3 Å². The standard InChI is InChI=1S/C14H14N2OS/c1-9-3-4-10(2)13(7-9)17-11-5-6-12(14(15)18)16-8-11/h3-8H,1-2H3,(H2,15,18). The van der Waals surface area contributed by atoms with E-state index in [2.05, 4.69) is 11.1 Å². The number of rotatable bonds is 3. The number of thiocarbonyl (C=S) groups is 1. The van der Waals surface area contributed by atoms with Gasteiger partial charge < -0.3 is 10.5 Å². The number of benzene rings is 1. The number of hydrogen-bond acceptors (Lipinski definition) is 3. The molecule has 92 valence electrons. The highest BCUT2D eigenvalue weighted by atomic mass is 32.1. The summed E-state index contributed by atoms with van der Waals surface area (Å²) in [6.07, 6.45) is 1.62. The van der Waals surface area contributed by atoms with Crippen LogP contribution >= 0.6 is 12.2 Å². The number of nitrogens with zero attached hydrogens (tertiary/aromatic N) is 1. The molecule has 1 aromatic carbocycles. The van der Waals surface area contributed by atoms with Crippen LogP contribution in [-0.4, -0.2) is 9.97 Å². The fraction of sp³-hybridized carbons (Fsp3) is 0.143. The Morgan fingerprint density at radius 1 is 1.22 bits per heavy atom. The Balaban J connectivity index is 2.23. The molecular weight excluding hydrogens is 244 g/mol. The second-order valence-electron chi connectivity index (χ2n) is 4.11. The minimum absolute atomic E-state index is 0.285. The van der Waals surface area contributed by atoms with Crippen LogP contribution in [0.4, 0.5) is 0 Å². The molecule has 4 heteroatoms. The summed E-state index contributed by atoms with van der Waals surface area (Å²) >= 11 is 4.85. The molecule has 1 heterocycles. The number of hydrogen-bond donors (Lipinski definition) is 1. The maximum Gasteiger partial charge on any atom is 0.145 e. The van der Waals surface area contributed by atoms with Gasteiger partial charge in [0.05, 0.1) is 11.9 Å². The van der Waals surface area contributed by atoms with E-state index in [1.807, 2.05) is 32.0 Å². The molecular formula is C14H14N2OS. The van der Waals surface area contributed by atoms with Gasteiger partial charge in [-0.05, 0) is 43.2 Å². The second kappa shape index (κ2) is 5.14. The lowest BCUT2D eigenvalue weighted by molar-refractivity contribution is 0.476. The number of aryl methyl sites for hydroxylation is 2. The molecule has 0 spiro atoms. The van der Waals surface area contributed by atoms with Gasteiger partial charge in [-0.2, -0.15) is 0 Å². The zero-order valence-electron chi connectivity index (χ0n) is 10.3. The lowest BCUT2D eigenvalue weighted by atomic mass is 10.1. The van der Waals surface area contributed by atoms with Crippen LogP contribution in [0.25, 0.3) is 0 Å². The normalized spacial score (nSPS) is 10.1. The van der Waals surface area contributed by atoms with Gasteiger partial charge in [0, 0.05) is 0 Å². The Kier molecular flexibility index (Phi) is 3.58. The molecule has 0 saturated heterocycles. The maximum absolute atomic E-state index is 5.78. The summed E-state index contributed by atoms with van der Waals surface area (Å²) in [7, 11) is 0. The fourth-order valence-electron chi connectivity index (χ4n) is 1.53. The minimum Gasteiger partial charge on any atom is -0.455 e. The molecule has 0 fully saturated rings. The highest BCUT2D eigenvalue weighted by Crippen LogP contribution is 2.25. The van der Waals surface area contributed by atoms with Crippen molar-refractivity contribution in [2.45, 2.75) is 13.8 Å². The molecule has 0 aliphatic heterocycles. The van der Waals surface area contributed by atoms with E-state index in [-0.39, 0.29) is 4.99 Å². The van der Waals surface area contributed by atoms with Crippen LogP contribution in [0.2, 0.25) is 0 Å². The zero-order chi connectivity index (χ0) is 13.1. The predicted octanol–water partition coefficient (Wildman–Crippen LogP) is 3.12. The van der Waals surface area contributed by atoms with E-state index in [0.717, 1.165) is 16.9 Å². The van der Waals surface area contributed by atoms with Crippen molar-refractivity contribution in [2.24, 2.45) is 5.73 Å². The first kappa shape index (κ1) is 12.5. The van der Waals surface area contributed by atoms with E-state index < -0.39 is 0 Å². The molecule has 18 heavy (non-hydrogen) atoms. The van der Waals surface area contributed by atoms with E-state index >= 15 is 0 Å². The van der Waals surface area contributed by atoms with Gasteiger partial charge in [0.1, 0.15) is 16.5 Å². The molecule has 0 radical (unpaired) electrons. The zero-order valence-corrected chi connectivity index (χ0v) is 11.1. The Bertz CT molecular complexity index is 579. The molecule has 0 atom stereocenters. The lowest BCUT2D eigenvalue weighted by Crippen LogP contribution is -2.10. The highest BCUT2D eigenvalue weighted by Gasteiger charge is 2.03. The van der Waals surface area contributed by atoms with Crippen LogP contribution in [0.3, 0.4) is 0 Å². The lowest BCUT2D eigenvalue weighted by Gasteiger charge is -2.09. The second-order valence-corrected chi connectivity index (χ2v) is 4.55. The third-order valence-electron chi connectivity index (χ3n) is 2.56. The van der Waals surface area contributed by atoms with E-state index in [9.17, 15) is 0 Å². The van der Waals surface area contributed by atoms with Crippen molar-refractivity contribution in [1.82, 2.24) is 4.98 Å². The van der Waals surface area contributed by atoms with Gasteiger partial charge in [-0.15, -0.1) is 0 Å². The summed E-state index contributed by atoms with van der Waals surface area (Å²) in [6, 6.07) is 9.64. The minimum atomic E-state index is 0.285. The third kappa shape index (κ3) is 2.84. The predicted molar refractivity (Wildman–Crippen MR) is 76.1 cm³/mol. The van der Waals surface area contributed by atoms with E-state index in [0.29, 0.717) is 11.4 Å². The first-order valence-electron chi connectivity index (χ1n) is 5.57. The molecule has 2 aromatic rings. The average Bonchev–Trinajstić information content (AvgIpc) is 2.34. The summed E-state index contributed by atoms with van der Waals surface area (Å²) in [6.45, 7) is 4.03. The summed E-state index contributed by atoms with van der Waals surface area (Å²) in [5.74, 6) is 1.50. The molecule has 0 saturated carbocycles. The van der Waals surface area contributed by atoms with Crippen LogP contribution < -0.4 is 10.5 Å². The molecule has 0 bridgehead atoms. The van der Waals surface area contributed by atoms with Gasteiger partial charge in [0.15, 0.2) is 0 Å². The van der Waals surface area contributed by atoms with Crippen molar-refractivity contribution in [3.05, 3.63) is 53.3 Å². The summed E-state index contributed by atoms with van der Waals surface area (Å²) < 4.78 is 5.78. The molecule has 2 rings (SSSR count). The SMILES string of the molecule is Cc1ccc(C)c(Oc2ccc(C(N)=S)nc2)c1. The molecule has 0 unspecified atom stereocenters. The van der Waals surface area contributed by atoms with Gasteiger partial charge >= 0.3 is 0 Å². The van der Waals surface area contributed by atoms with Crippen LogP contribution in [0, 0.1) is 13.8 Å². The van der Waals surface area contributed by atoms with Gasteiger partial charge in [0.2, 0.25) is 0 Å². The van der Waals surface area contributed by atoms with Gasteiger partial charge in [0.25, 0.3) is 0 Å². The fourth-order valence-corrected chi connectivity index (χ4v) is 1.65. The Labute approximate surface area is 112 Å². The van der Waals surface area contributed by atoms with Crippen molar-refractivity contribution < 1.29 is 4.74 Å². The third-order valence-corrected chi connectivity index (χ3v) is 2.77. The van der Waals surface area contributed by atoms with Crippen molar-refractivity contribution in [3.63, 3.8) is 0 Å². The Hall–Kier alpha value is -1.94. The quantitative estimate of drug-likeness (QED) is 0.859. The summed E-state index contributed by atoms with van der Waals surface area (Å²) in [5.41, 5.74) is 8.32. The molecule has 3 nitrogen and oxygen atoms in total. The average molecular weight is 258 g/mol. The van der Waals surface area contributed by atoms with Gasteiger partial charge in [-0.1, -0.05) is 24.4 Å². The monoisotopic (exact) mass is 258 g/mol. The van der Waals surface area contributed by atoms with E-state index in [4.69, 9.17) is 22.7 Å². The highest BCUT2D eigenvalue weighted by molar-refractivity contribution is 7.80. The smallest absolute Gasteiger partial charge is 0.145 e. The number of pyridine rings is 1. The Morgan fingerprint density at radius 2 is 2.00 bits per heavy atom. The summed E-state index contributed by atoms with van der Waals surface area (Å²) in [5, 5.41) is 0. The van der Waals surface area contributed by atoms with Crippen LogP contribution in [-0.2, 0) is 0 Å². The molecule has 0 aliphatic carbocycles. The van der Waals surface area contributed by atoms with Crippen LogP contribution in [0.1, 0.15) is 16.8 Å². The number of ether oxygens (including phenoxy) is 1. The topological polar surface area (TPSA) is 48.1 Å². The molecule has 2 N–H and O–H groups in total. The first-order chi connectivity index (χ1) is 8.56. The molecule has 0 aliphatic rings. The van der Waals surface area contributed by atoms with Crippen molar-refractivity contribution in [1.29, 1.82) is 0 Å². The van der Waals surface area contributed by atoms with E-state index in [1.165, 1.54) is 0 Å². The number of aromatic nitrogens is 1. The molecule has 0 amide bonds. The van der Waals surface area contributed by atoms with Crippen molar-refractivity contribution in [3.8, 4) is 11.5 Å². The van der Waals surface area contributed by atoms with Crippen molar-refractivity contribution >= 4 is 17.2 Å².